The van der Waals surface area contributed by atoms with Crippen LogP contribution < -0.4 is 0 Å². The van der Waals surface area contributed by atoms with Gasteiger partial charge in [-0.15, -0.1) is 11.3 Å². The number of hydrogen-bond donors (Lipinski definition) is 0. The number of ether oxygens (including phenoxy) is 2. The third-order valence-electron chi connectivity index (χ3n) is 4.61. The second-order valence-electron chi connectivity index (χ2n) is 6.46. The highest BCUT2D eigenvalue weighted by Crippen LogP contribution is 2.35. The minimum Gasteiger partial charge on any atom is -0.456 e. The van der Waals surface area contributed by atoms with Crippen molar-refractivity contribution in [2.45, 2.75) is 11.5 Å². The van der Waals surface area contributed by atoms with Gasteiger partial charge in [-0.1, -0.05) is 35.9 Å². The average molecular weight is 452 g/mol. The van der Waals surface area contributed by atoms with Gasteiger partial charge in [0.1, 0.15) is 6.61 Å². The van der Waals surface area contributed by atoms with Crippen molar-refractivity contribution in [2.24, 2.45) is 0 Å². The number of morpholine rings is 1. The van der Waals surface area contributed by atoms with E-state index in [9.17, 15) is 13.2 Å². The molecule has 1 aliphatic rings. The van der Waals surface area contributed by atoms with E-state index in [1.165, 1.54) is 39.9 Å². The summed E-state index contributed by atoms with van der Waals surface area (Å²) >= 11 is 7.85. The van der Waals surface area contributed by atoms with Crippen LogP contribution in [-0.2, 0) is 26.1 Å². The summed E-state index contributed by atoms with van der Waals surface area (Å²) in [6.07, 6.45) is 0. The molecule has 29 heavy (non-hydrogen) atoms. The van der Waals surface area contributed by atoms with Gasteiger partial charge in [-0.25, -0.2) is 13.2 Å². The van der Waals surface area contributed by atoms with Crippen LogP contribution in [0, 0.1) is 0 Å². The van der Waals surface area contributed by atoms with Crippen molar-refractivity contribution >= 4 is 49.0 Å². The van der Waals surface area contributed by atoms with Gasteiger partial charge >= 0.3 is 5.97 Å². The SMILES string of the molecule is O=C(OCc1sc2ccccc2c1Cl)c1cccc(S(=O)(=O)N2CCOCC2)c1. The molecular weight excluding hydrogens is 434 g/mol. The third-order valence-corrected chi connectivity index (χ3v) is 8.20. The van der Waals surface area contributed by atoms with Gasteiger partial charge in [0.15, 0.2) is 0 Å². The zero-order valence-corrected chi connectivity index (χ0v) is 17.7. The summed E-state index contributed by atoms with van der Waals surface area (Å²) < 4.78 is 38.6. The van der Waals surface area contributed by atoms with E-state index in [0.29, 0.717) is 31.3 Å². The van der Waals surface area contributed by atoms with Gasteiger partial charge < -0.3 is 9.47 Å². The first kappa shape index (κ1) is 20.3. The van der Waals surface area contributed by atoms with Gasteiger partial charge in [0, 0.05) is 23.2 Å². The van der Waals surface area contributed by atoms with Crippen LogP contribution in [0.15, 0.2) is 53.4 Å². The van der Waals surface area contributed by atoms with Crippen molar-refractivity contribution in [1.82, 2.24) is 4.31 Å². The van der Waals surface area contributed by atoms with Gasteiger partial charge in [-0.05, 0) is 24.3 Å². The molecule has 0 saturated carbocycles. The minimum atomic E-state index is -3.68. The Morgan fingerprint density at radius 1 is 1.14 bits per heavy atom. The maximum absolute atomic E-state index is 12.8. The van der Waals surface area contributed by atoms with Crippen LogP contribution in [0.2, 0.25) is 5.02 Å². The molecule has 4 rings (SSSR count). The fourth-order valence-corrected chi connectivity index (χ4v) is 5.95. The molecule has 1 aliphatic heterocycles. The molecule has 2 heterocycles. The summed E-state index contributed by atoms with van der Waals surface area (Å²) in [4.78, 5) is 13.3. The minimum absolute atomic E-state index is 0.0253. The largest absolute Gasteiger partial charge is 0.456 e. The van der Waals surface area contributed by atoms with E-state index in [2.05, 4.69) is 0 Å². The number of esters is 1. The number of sulfonamides is 1. The summed E-state index contributed by atoms with van der Waals surface area (Å²) in [5, 5.41) is 1.49. The van der Waals surface area contributed by atoms with Crippen molar-refractivity contribution in [1.29, 1.82) is 0 Å². The molecule has 0 aliphatic carbocycles. The van der Waals surface area contributed by atoms with Gasteiger partial charge in [0.2, 0.25) is 10.0 Å². The molecule has 0 bridgehead atoms. The van der Waals surface area contributed by atoms with Crippen LogP contribution >= 0.6 is 22.9 Å². The summed E-state index contributed by atoms with van der Waals surface area (Å²) in [6, 6.07) is 13.6. The Kier molecular flexibility index (Phi) is 5.89. The van der Waals surface area contributed by atoms with Crippen molar-refractivity contribution in [3.63, 3.8) is 0 Å². The third kappa shape index (κ3) is 4.17. The van der Waals surface area contributed by atoms with Crippen molar-refractivity contribution in [3.8, 4) is 0 Å². The predicted molar refractivity (Wildman–Crippen MR) is 112 cm³/mol. The average Bonchev–Trinajstić information content (AvgIpc) is 3.08. The normalized spacial score (nSPS) is 15.5. The quantitative estimate of drug-likeness (QED) is 0.549. The van der Waals surface area contributed by atoms with E-state index in [0.717, 1.165) is 15.0 Å². The van der Waals surface area contributed by atoms with Crippen LogP contribution in [-0.4, -0.2) is 45.0 Å². The van der Waals surface area contributed by atoms with E-state index in [1.807, 2.05) is 24.3 Å². The molecule has 0 N–H and O–H groups in total. The molecule has 0 spiro atoms. The molecule has 0 atom stereocenters. The van der Waals surface area contributed by atoms with Crippen molar-refractivity contribution < 1.29 is 22.7 Å². The molecule has 0 unspecified atom stereocenters. The molecule has 1 aromatic heterocycles. The molecule has 0 radical (unpaired) electrons. The number of thiophene rings is 1. The van der Waals surface area contributed by atoms with Gasteiger partial charge in [-0.3, -0.25) is 0 Å². The summed E-state index contributed by atoms with van der Waals surface area (Å²) in [7, 11) is -3.68. The zero-order valence-electron chi connectivity index (χ0n) is 15.3. The predicted octanol–water partition coefficient (Wildman–Crippen LogP) is 3.93. The van der Waals surface area contributed by atoms with Gasteiger partial charge in [-0.2, -0.15) is 4.31 Å². The van der Waals surface area contributed by atoms with Gasteiger partial charge in [0.05, 0.1) is 33.6 Å². The Balaban J connectivity index is 1.50. The lowest BCUT2D eigenvalue weighted by Gasteiger charge is -2.26. The summed E-state index contributed by atoms with van der Waals surface area (Å²) in [6.45, 7) is 1.33. The lowest BCUT2D eigenvalue weighted by molar-refractivity contribution is 0.0476. The Hall–Kier alpha value is -1.97. The molecular formula is C20H18ClNO5S2. The highest BCUT2D eigenvalue weighted by Gasteiger charge is 2.27. The molecule has 1 fully saturated rings. The molecule has 9 heteroatoms. The van der Waals surface area contributed by atoms with E-state index < -0.39 is 16.0 Å². The maximum atomic E-state index is 12.8. The van der Waals surface area contributed by atoms with Crippen molar-refractivity contribution in [3.05, 3.63) is 64.0 Å². The Morgan fingerprint density at radius 2 is 1.90 bits per heavy atom. The van der Waals surface area contributed by atoms with Crippen LogP contribution in [0.25, 0.3) is 10.1 Å². The fraction of sp³-hybridized carbons (Fsp3) is 0.250. The first-order chi connectivity index (χ1) is 14.0. The van der Waals surface area contributed by atoms with Crippen LogP contribution in [0.1, 0.15) is 15.2 Å². The second kappa shape index (κ2) is 8.41. The fourth-order valence-electron chi connectivity index (χ4n) is 3.09. The van der Waals surface area contributed by atoms with Crippen molar-refractivity contribution in [2.75, 3.05) is 26.3 Å². The number of hydrogen-bond acceptors (Lipinski definition) is 6. The highest BCUT2D eigenvalue weighted by molar-refractivity contribution is 7.89. The van der Waals surface area contributed by atoms with E-state index in [1.54, 1.807) is 0 Å². The molecule has 3 aromatic rings. The molecule has 2 aromatic carbocycles. The standard InChI is InChI=1S/C20H18ClNO5S2/c21-19-16-6-1-2-7-17(16)28-18(19)13-27-20(23)14-4-3-5-15(12-14)29(24,25)22-8-10-26-11-9-22/h1-7,12H,8-11,13H2. The first-order valence-electron chi connectivity index (χ1n) is 8.98. The lowest BCUT2D eigenvalue weighted by atomic mass is 10.2. The number of carbonyl (C=O) groups excluding carboxylic acids is 1. The van der Waals surface area contributed by atoms with Crippen LogP contribution in [0.4, 0.5) is 0 Å². The molecule has 1 saturated heterocycles. The van der Waals surface area contributed by atoms with Gasteiger partial charge in [0.25, 0.3) is 0 Å². The molecule has 6 nitrogen and oxygen atoms in total. The Morgan fingerprint density at radius 3 is 2.66 bits per heavy atom. The molecule has 0 amide bonds. The summed E-state index contributed by atoms with van der Waals surface area (Å²) in [5.74, 6) is -0.599. The van der Waals surface area contributed by atoms with Crippen LogP contribution in [0.3, 0.4) is 0 Å². The monoisotopic (exact) mass is 451 g/mol. The number of halogens is 1. The number of carbonyl (C=O) groups is 1. The number of benzene rings is 2. The van der Waals surface area contributed by atoms with E-state index >= 15 is 0 Å². The van der Waals surface area contributed by atoms with Crippen LogP contribution in [0.5, 0.6) is 0 Å². The van der Waals surface area contributed by atoms with E-state index in [4.69, 9.17) is 21.1 Å². The topological polar surface area (TPSA) is 72.9 Å². The Labute approximate surface area is 177 Å². The summed E-state index contributed by atoms with van der Waals surface area (Å²) in [5.41, 5.74) is 0.177. The molecule has 152 valence electrons. The maximum Gasteiger partial charge on any atom is 0.338 e. The number of nitrogens with zero attached hydrogens (tertiary/aromatic N) is 1. The smallest absolute Gasteiger partial charge is 0.338 e. The lowest BCUT2D eigenvalue weighted by Crippen LogP contribution is -2.40. The zero-order chi connectivity index (χ0) is 20.4. The second-order valence-corrected chi connectivity index (χ2v) is 9.91. The Bertz CT molecular complexity index is 1150. The highest BCUT2D eigenvalue weighted by atomic mass is 35.5. The number of fused-ring (bicyclic) bond motifs is 1. The number of rotatable bonds is 5. The first-order valence-corrected chi connectivity index (χ1v) is 11.6. The van der Waals surface area contributed by atoms with E-state index in [-0.39, 0.29) is 17.1 Å².